The van der Waals surface area contributed by atoms with Gasteiger partial charge in [-0.3, -0.25) is 0 Å². The zero-order valence-corrected chi connectivity index (χ0v) is 16.8. The van der Waals surface area contributed by atoms with E-state index in [4.69, 9.17) is 9.72 Å². The lowest BCUT2D eigenvalue weighted by molar-refractivity contribution is 0.244. The van der Waals surface area contributed by atoms with Gasteiger partial charge in [0.1, 0.15) is 11.6 Å². The van der Waals surface area contributed by atoms with Crippen molar-refractivity contribution < 1.29 is 4.74 Å². The summed E-state index contributed by atoms with van der Waals surface area (Å²) in [7, 11) is 0. The molecule has 1 aromatic heterocycles. The van der Waals surface area contributed by atoms with Crippen LogP contribution in [-0.4, -0.2) is 22.1 Å². The second-order valence-corrected chi connectivity index (χ2v) is 7.53. The lowest BCUT2D eigenvalue weighted by Gasteiger charge is -2.24. The van der Waals surface area contributed by atoms with Gasteiger partial charge >= 0.3 is 0 Å². The molecule has 0 fully saturated rings. The van der Waals surface area contributed by atoms with Crippen molar-refractivity contribution in [1.82, 2.24) is 9.97 Å². The Morgan fingerprint density at radius 2 is 1.82 bits per heavy atom. The van der Waals surface area contributed by atoms with Gasteiger partial charge in [0.15, 0.2) is 0 Å². The minimum atomic E-state index is 0.0962. The number of nitrogens with zero attached hydrogens (tertiary/aromatic N) is 3. The molecule has 0 saturated heterocycles. The molecule has 0 amide bonds. The summed E-state index contributed by atoms with van der Waals surface area (Å²) in [6.07, 6.45) is 1.12. The van der Waals surface area contributed by atoms with Crippen LogP contribution in [0.2, 0.25) is 0 Å². The van der Waals surface area contributed by atoms with Crippen molar-refractivity contribution in [1.29, 1.82) is 0 Å². The van der Waals surface area contributed by atoms with Gasteiger partial charge in [-0.1, -0.05) is 30.3 Å². The standard InChI is InChI=1S/C23H26N4O/c1-15(2)28-21-12-8-6-10-19(21)25-23-24-16(3)13-22(26-23)27-17(4)14-18-9-5-7-11-20(18)27/h5-13,15,17H,14H2,1-4H3,(H,24,25,26). The van der Waals surface area contributed by atoms with Gasteiger partial charge in [-0.15, -0.1) is 0 Å². The van der Waals surface area contributed by atoms with E-state index in [1.165, 1.54) is 11.3 Å². The van der Waals surface area contributed by atoms with E-state index in [-0.39, 0.29) is 6.10 Å². The predicted octanol–water partition coefficient (Wildman–Crippen LogP) is 5.40. The molecule has 0 radical (unpaired) electrons. The number of para-hydroxylation sites is 3. The second-order valence-electron chi connectivity index (χ2n) is 7.53. The fourth-order valence-electron chi connectivity index (χ4n) is 3.69. The summed E-state index contributed by atoms with van der Waals surface area (Å²) in [5, 5.41) is 3.35. The van der Waals surface area contributed by atoms with E-state index in [1.54, 1.807) is 0 Å². The first-order valence-corrected chi connectivity index (χ1v) is 9.77. The van der Waals surface area contributed by atoms with Gasteiger partial charge in [0.05, 0.1) is 11.8 Å². The summed E-state index contributed by atoms with van der Waals surface area (Å²) >= 11 is 0. The van der Waals surface area contributed by atoms with Crippen molar-refractivity contribution in [2.45, 2.75) is 46.3 Å². The Morgan fingerprint density at radius 3 is 2.64 bits per heavy atom. The molecule has 5 heteroatoms. The SMILES string of the molecule is Cc1cc(N2c3ccccc3CC2C)nc(Nc2ccccc2OC(C)C)n1. The summed E-state index contributed by atoms with van der Waals surface area (Å²) in [4.78, 5) is 11.7. The van der Waals surface area contributed by atoms with Crippen LogP contribution in [-0.2, 0) is 6.42 Å². The average molecular weight is 374 g/mol. The Kier molecular flexibility index (Phi) is 4.90. The minimum absolute atomic E-state index is 0.0962. The summed E-state index contributed by atoms with van der Waals surface area (Å²) in [6, 6.07) is 18.8. The monoisotopic (exact) mass is 374 g/mol. The number of anilines is 4. The molecular formula is C23H26N4O. The van der Waals surface area contributed by atoms with Crippen LogP contribution in [0.3, 0.4) is 0 Å². The van der Waals surface area contributed by atoms with Crippen molar-refractivity contribution >= 4 is 23.1 Å². The number of rotatable bonds is 5. The summed E-state index contributed by atoms with van der Waals surface area (Å²) in [6.45, 7) is 8.27. The van der Waals surface area contributed by atoms with Crippen LogP contribution in [0, 0.1) is 6.92 Å². The van der Waals surface area contributed by atoms with E-state index in [2.05, 4.69) is 46.4 Å². The fourth-order valence-corrected chi connectivity index (χ4v) is 3.69. The molecule has 0 spiro atoms. The first-order chi connectivity index (χ1) is 13.5. The maximum atomic E-state index is 5.91. The van der Waals surface area contributed by atoms with Crippen LogP contribution >= 0.6 is 0 Å². The predicted molar refractivity (Wildman–Crippen MR) is 114 cm³/mol. The third kappa shape index (κ3) is 3.65. The number of aryl methyl sites for hydroxylation is 1. The van der Waals surface area contributed by atoms with Crippen LogP contribution in [0.4, 0.5) is 23.1 Å². The number of benzene rings is 2. The lowest BCUT2D eigenvalue weighted by atomic mass is 10.1. The molecule has 144 valence electrons. The molecule has 5 nitrogen and oxygen atoms in total. The number of aromatic nitrogens is 2. The molecule has 1 aliphatic rings. The minimum Gasteiger partial charge on any atom is -0.489 e. The molecule has 0 bridgehead atoms. The van der Waals surface area contributed by atoms with Gasteiger partial charge < -0.3 is 15.0 Å². The van der Waals surface area contributed by atoms with Crippen LogP contribution < -0.4 is 15.0 Å². The van der Waals surface area contributed by atoms with Crippen molar-refractivity contribution in [3.8, 4) is 5.75 Å². The van der Waals surface area contributed by atoms with E-state index < -0.39 is 0 Å². The highest BCUT2D eigenvalue weighted by molar-refractivity contribution is 5.70. The first kappa shape index (κ1) is 18.3. The molecular weight excluding hydrogens is 348 g/mol. The quantitative estimate of drug-likeness (QED) is 0.648. The largest absolute Gasteiger partial charge is 0.489 e. The Bertz CT molecular complexity index is 986. The Morgan fingerprint density at radius 1 is 1.07 bits per heavy atom. The lowest BCUT2D eigenvalue weighted by Crippen LogP contribution is -2.25. The molecule has 1 unspecified atom stereocenters. The maximum Gasteiger partial charge on any atom is 0.229 e. The van der Waals surface area contributed by atoms with Gasteiger partial charge in [0.2, 0.25) is 5.95 Å². The van der Waals surface area contributed by atoms with E-state index in [9.17, 15) is 0 Å². The third-order valence-electron chi connectivity index (χ3n) is 4.79. The van der Waals surface area contributed by atoms with Gasteiger partial charge in [0, 0.05) is 23.5 Å². The van der Waals surface area contributed by atoms with E-state index in [1.807, 2.05) is 51.1 Å². The molecule has 1 N–H and O–H groups in total. The number of fused-ring (bicyclic) bond motifs is 1. The van der Waals surface area contributed by atoms with Crippen molar-refractivity contribution in [2.75, 3.05) is 10.2 Å². The molecule has 3 aromatic rings. The van der Waals surface area contributed by atoms with Gasteiger partial charge in [-0.25, -0.2) is 4.98 Å². The van der Waals surface area contributed by atoms with Gasteiger partial charge in [-0.2, -0.15) is 4.98 Å². The van der Waals surface area contributed by atoms with Gasteiger partial charge in [-0.05, 0) is 57.9 Å². The van der Waals surface area contributed by atoms with Crippen molar-refractivity contribution in [2.24, 2.45) is 0 Å². The molecule has 1 aliphatic heterocycles. The first-order valence-electron chi connectivity index (χ1n) is 9.77. The molecule has 1 atom stereocenters. The number of nitrogens with one attached hydrogen (secondary N) is 1. The van der Waals surface area contributed by atoms with Gasteiger partial charge in [0.25, 0.3) is 0 Å². The Balaban J connectivity index is 1.68. The highest BCUT2D eigenvalue weighted by atomic mass is 16.5. The molecule has 28 heavy (non-hydrogen) atoms. The van der Waals surface area contributed by atoms with E-state index in [0.29, 0.717) is 12.0 Å². The smallest absolute Gasteiger partial charge is 0.229 e. The zero-order valence-electron chi connectivity index (χ0n) is 16.8. The normalized spacial score (nSPS) is 15.6. The van der Waals surface area contributed by atoms with Crippen molar-refractivity contribution in [3.05, 3.63) is 65.9 Å². The van der Waals surface area contributed by atoms with E-state index >= 15 is 0 Å². The molecule has 2 aromatic carbocycles. The summed E-state index contributed by atoms with van der Waals surface area (Å²) in [5.41, 5.74) is 4.37. The zero-order chi connectivity index (χ0) is 19.7. The maximum absolute atomic E-state index is 5.91. The fraction of sp³-hybridized carbons (Fsp3) is 0.304. The summed E-state index contributed by atoms with van der Waals surface area (Å²) < 4.78 is 5.91. The average Bonchev–Trinajstić information content (AvgIpc) is 2.98. The second kappa shape index (κ2) is 7.50. The number of hydrogen-bond acceptors (Lipinski definition) is 5. The van der Waals surface area contributed by atoms with Crippen LogP contribution in [0.25, 0.3) is 0 Å². The highest BCUT2D eigenvalue weighted by Crippen LogP contribution is 2.38. The molecule has 0 saturated carbocycles. The molecule has 2 heterocycles. The van der Waals surface area contributed by atoms with Crippen LogP contribution in [0.5, 0.6) is 5.75 Å². The van der Waals surface area contributed by atoms with E-state index in [0.717, 1.165) is 29.4 Å². The number of ether oxygens (including phenoxy) is 1. The Labute approximate surface area is 166 Å². The molecule has 4 rings (SSSR count). The van der Waals surface area contributed by atoms with Crippen LogP contribution in [0.15, 0.2) is 54.6 Å². The highest BCUT2D eigenvalue weighted by Gasteiger charge is 2.28. The topological polar surface area (TPSA) is 50.3 Å². The molecule has 0 aliphatic carbocycles. The Hall–Kier alpha value is -3.08. The summed E-state index contributed by atoms with van der Waals surface area (Å²) in [5.74, 6) is 2.28. The third-order valence-corrected chi connectivity index (χ3v) is 4.79. The van der Waals surface area contributed by atoms with Crippen molar-refractivity contribution in [3.63, 3.8) is 0 Å². The number of hydrogen-bond donors (Lipinski definition) is 1. The van der Waals surface area contributed by atoms with Crippen LogP contribution in [0.1, 0.15) is 32.0 Å².